The minimum atomic E-state index is 0.948. The van der Waals surface area contributed by atoms with Crippen molar-refractivity contribution in [2.75, 3.05) is 0 Å². The molecule has 0 saturated carbocycles. The van der Waals surface area contributed by atoms with Gasteiger partial charge in [-0.1, -0.05) is 30.3 Å². The lowest BCUT2D eigenvalue weighted by Crippen LogP contribution is -2.34. The summed E-state index contributed by atoms with van der Waals surface area (Å²) >= 11 is 0. The van der Waals surface area contributed by atoms with Crippen molar-refractivity contribution in [2.45, 2.75) is 20.4 Å². The number of pyridine rings is 1. The molecular formula is C14H16N+. The Morgan fingerprint density at radius 2 is 1.53 bits per heavy atom. The van der Waals surface area contributed by atoms with E-state index in [2.05, 4.69) is 67.2 Å². The molecule has 1 nitrogen and oxygen atoms in total. The van der Waals surface area contributed by atoms with Gasteiger partial charge < -0.3 is 0 Å². The monoisotopic (exact) mass is 198 g/mol. The summed E-state index contributed by atoms with van der Waals surface area (Å²) < 4.78 is 2.24. The van der Waals surface area contributed by atoms with Gasteiger partial charge in [0.05, 0.1) is 0 Å². The van der Waals surface area contributed by atoms with E-state index in [1.54, 1.807) is 0 Å². The Balaban J connectivity index is 2.25. The molecule has 0 aliphatic rings. The lowest BCUT2D eigenvalue weighted by atomic mass is 10.2. The Labute approximate surface area is 91.0 Å². The van der Waals surface area contributed by atoms with Crippen molar-refractivity contribution in [2.24, 2.45) is 0 Å². The van der Waals surface area contributed by atoms with Crippen molar-refractivity contribution >= 4 is 0 Å². The van der Waals surface area contributed by atoms with Gasteiger partial charge in [-0.3, -0.25) is 0 Å². The normalized spacial score (nSPS) is 10.3. The summed E-state index contributed by atoms with van der Waals surface area (Å²) in [5.74, 6) is 0. The second-order valence-corrected chi connectivity index (χ2v) is 4.05. The summed E-state index contributed by atoms with van der Waals surface area (Å²) in [4.78, 5) is 0. The predicted octanol–water partition coefficient (Wildman–Crippen LogP) is 2.64. The third-order valence-corrected chi connectivity index (χ3v) is 2.40. The molecular weight excluding hydrogens is 182 g/mol. The average molecular weight is 198 g/mol. The Morgan fingerprint density at radius 3 is 2.13 bits per heavy atom. The van der Waals surface area contributed by atoms with Crippen molar-refractivity contribution < 1.29 is 4.57 Å². The molecule has 2 aromatic rings. The summed E-state index contributed by atoms with van der Waals surface area (Å²) in [6.07, 6.45) is 4.36. The van der Waals surface area contributed by atoms with E-state index in [0.717, 1.165) is 6.54 Å². The fraction of sp³-hybridized carbons (Fsp3) is 0.214. The van der Waals surface area contributed by atoms with Crippen LogP contribution in [0.15, 0.2) is 48.8 Å². The Morgan fingerprint density at radius 1 is 0.933 bits per heavy atom. The van der Waals surface area contributed by atoms with Crippen LogP contribution in [0.4, 0.5) is 0 Å². The lowest BCUT2D eigenvalue weighted by molar-refractivity contribution is -0.689. The van der Waals surface area contributed by atoms with Gasteiger partial charge in [0.2, 0.25) is 0 Å². The van der Waals surface area contributed by atoms with Crippen molar-refractivity contribution in [3.05, 3.63) is 65.5 Å². The van der Waals surface area contributed by atoms with E-state index < -0.39 is 0 Å². The molecule has 76 valence electrons. The first-order chi connectivity index (χ1) is 7.24. The number of aromatic nitrogens is 1. The van der Waals surface area contributed by atoms with E-state index in [1.807, 2.05) is 0 Å². The maximum absolute atomic E-state index is 2.24. The van der Waals surface area contributed by atoms with Crippen molar-refractivity contribution in [3.63, 3.8) is 0 Å². The van der Waals surface area contributed by atoms with Crippen LogP contribution in [0.25, 0.3) is 0 Å². The fourth-order valence-electron chi connectivity index (χ4n) is 1.88. The van der Waals surface area contributed by atoms with E-state index in [9.17, 15) is 0 Å². The molecule has 0 aliphatic carbocycles. The van der Waals surface area contributed by atoms with Gasteiger partial charge in [-0.25, -0.2) is 4.57 Å². The zero-order valence-corrected chi connectivity index (χ0v) is 9.27. The van der Waals surface area contributed by atoms with E-state index in [-0.39, 0.29) is 0 Å². The number of aryl methyl sites for hydroxylation is 2. The average Bonchev–Trinajstić information content (AvgIpc) is 2.17. The highest BCUT2D eigenvalue weighted by molar-refractivity contribution is 5.14. The van der Waals surface area contributed by atoms with Crippen LogP contribution in [-0.2, 0) is 6.54 Å². The summed E-state index contributed by atoms with van der Waals surface area (Å²) in [7, 11) is 0. The van der Waals surface area contributed by atoms with Crippen LogP contribution in [0.1, 0.15) is 16.7 Å². The maximum atomic E-state index is 2.24. The summed E-state index contributed by atoms with van der Waals surface area (Å²) in [6, 6.07) is 12.7. The highest BCUT2D eigenvalue weighted by atomic mass is 14.9. The Hall–Kier alpha value is -1.63. The minimum absolute atomic E-state index is 0.948. The highest BCUT2D eigenvalue weighted by Gasteiger charge is 2.03. The molecule has 0 amide bonds. The van der Waals surface area contributed by atoms with E-state index in [0.29, 0.717) is 0 Å². The van der Waals surface area contributed by atoms with Crippen molar-refractivity contribution in [1.29, 1.82) is 0 Å². The van der Waals surface area contributed by atoms with Gasteiger partial charge in [0, 0.05) is 16.7 Å². The maximum Gasteiger partial charge on any atom is 0.173 e. The van der Waals surface area contributed by atoms with Gasteiger partial charge in [-0.2, -0.15) is 0 Å². The molecule has 0 spiro atoms. The van der Waals surface area contributed by atoms with Crippen LogP contribution in [0.5, 0.6) is 0 Å². The van der Waals surface area contributed by atoms with Gasteiger partial charge in [-0.15, -0.1) is 0 Å². The largest absolute Gasteiger partial charge is 0.200 e. The topological polar surface area (TPSA) is 3.88 Å². The standard InChI is InChI=1S/C14H16N/c1-12-8-13(2)10-15(9-12)11-14-6-4-3-5-7-14/h3-10H,11H2,1-2H3/q+1. The zero-order valence-electron chi connectivity index (χ0n) is 9.27. The van der Waals surface area contributed by atoms with Crippen molar-refractivity contribution in [3.8, 4) is 0 Å². The summed E-state index contributed by atoms with van der Waals surface area (Å²) in [5, 5.41) is 0. The van der Waals surface area contributed by atoms with E-state index >= 15 is 0 Å². The third kappa shape index (κ3) is 2.66. The molecule has 0 fully saturated rings. The van der Waals surface area contributed by atoms with Crippen LogP contribution in [0.3, 0.4) is 0 Å². The molecule has 0 unspecified atom stereocenters. The smallest absolute Gasteiger partial charge is 0.173 e. The molecule has 2 rings (SSSR count). The molecule has 1 aromatic heterocycles. The second kappa shape index (κ2) is 4.26. The number of benzene rings is 1. The number of rotatable bonds is 2. The number of hydrogen-bond acceptors (Lipinski definition) is 0. The van der Waals surface area contributed by atoms with Crippen LogP contribution in [-0.4, -0.2) is 0 Å². The van der Waals surface area contributed by atoms with Gasteiger partial charge in [-0.05, 0) is 19.9 Å². The second-order valence-electron chi connectivity index (χ2n) is 4.05. The molecule has 1 heteroatoms. The van der Waals surface area contributed by atoms with Gasteiger partial charge >= 0.3 is 0 Å². The first kappa shape index (κ1) is 9.91. The summed E-state index contributed by atoms with van der Waals surface area (Å²) in [5.41, 5.74) is 3.96. The molecule has 0 radical (unpaired) electrons. The highest BCUT2D eigenvalue weighted by Crippen LogP contribution is 2.01. The van der Waals surface area contributed by atoms with Crippen LogP contribution in [0, 0.1) is 13.8 Å². The van der Waals surface area contributed by atoms with Crippen LogP contribution in [0.2, 0.25) is 0 Å². The molecule has 0 bridgehead atoms. The molecule has 0 saturated heterocycles. The Kier molecular flexibility index (Phi) is 2.82. The molecule has 0 aliphatic heterocycles. The van der Waals surface area contributed by atoms with Gasteiger partial charge in [0.1, 0.15) is 0 Å². The summed E-state index contributed by atoms with van der Waals surface area (Å²) in [6.45, 7) is 5.21. The molecule has 0 N–H and O–H groups in total. The Bertz CT molecular complexity index is 426. The molecule has 0 atom stereocenters. The lowest BCUT2D eigenvalue weighted by Gasteiger charge is -2.00. The number of hydrogen-bond donors (Lipinski definition) is 0. The van der Waals surface area contributed by atoms with E-state index in [1.165, 1.54) is 16.7 Å². The SMILES string of the molecule is Cc1cc(C)c[n+](Cc2ccccc2)c1. The zero-order chi connectivity index (χ0) is 10.7. The van der Waals surface area contributed by atoms with Crippen molar-refractivity contribution in [1.82, 2.24) is 0 Å². The van der Waals surface area contributed by atoms with Crippen LogP contribution < -0.4 is 4.57 Å². The quantitative estimate of drug-likeness (QED) is 0.653. The van der Waals surface area contributed by atoms with Crippen LogP contribution >= 0.6 is 0 Å². The van der Waals surface area contributed by atoms with Gasteiger partial charge in [0.25, 0.3) is 0 Å². The molecule has 1 heterocycles. The van der Waals surface area contributed by atoms with E-state index in [4.69, 9.17) is 0 Å². The minimum Gasteiger partial charge on any atom is -0.200 e. The number of nitrogens with zero attached hydrogens (tertiary/aromatic N) is 1. The third-order valence-electron chi connectivity index (χ3n) is 2.40. The first-order valence-electron chi connectivity index (χ1n) is 5.25. The molecule has 1 aromatic carbocycles. The molecule has 15 heavy (non-hydrogen) atoms. The fourth-order valence-corrected chi connectivity index (χ4v) is 1.88. The first-order valence-corrected chi connectivity index (χ1v) is 5.25. The van der Waals surface area contributed by atoms with Gasteiger partial charge in [0.15, 0.2) is 18.9 Å². The predicted molar refractivity (Wildman–Crippen MR) is 61.7 cm³/mol.